The number of hydrogen-bond acceptors (Lipinski definition) is 7. The quantitative estimate of drug-likeness (QED) is 0.706. The lowest BCUT2D eigenvalue weighted by molar-refractivity contribution is -0.137. The molecule has 4 rings (SSSR count). The van der Waals surface area contributed by atoms with Crippen molar-refractivity contribution >= 4 is 29.3 Å². The number of para-hydroxylation sites is 1. The lowest BCUT2D eigenvalue weighted by Crippen LogP contribution is -2.58. The number of carbonyl (C=O) groups is 2. The van der Waals surface area contributed by atoms with Gasteiger partial charge in [-0.3, -0.25) is 9.59 Å². The van der Waals surface area contributed by atoms with Crippen LogP contribution in [0.15, 0.2) is 24.3 Å². The molecule has 2 aliphatic heterocycles. The number of aryl methyl sites for hydroxylation is 1. The predicted octanol–water partition coefficient (Wildman–Crippen LogP) is 2.04. The average molecular weight is 442 g/mol. The van der Waals surface area contributed by atoms with E-state index >= 15 is 0 Å². The van der Waals surface area contributed by atoms with Crippen LogP contribution in [0, 0.1) is 18.7 Å². The number of hydrogen-bond donors (Lipinski definition) is 2. The Balaban J connectivity index is 1.35. The number of rotatable bonds is 6. The van der Waals surface area contributed by atoms with Crippen molar-refractivity contribution in [1.29, 1.82) is 0 Å². The van der Waals surface area contributed by atoms with Gasteiger partial charge >= 0.3 is 0 Å². The van der Waals surface area contributed by atoms with Crippen molar-refractivity contribution < 1.29 is 18.7 Å². The standard InChI is InChI=1S/C22H27FN6O3/c1-12(2)19-21(31)26-18-13(3)24-22(27-20(18)28(19)4)25-14-9-29(10-14)17(30)11-32-16-8-6-5-7-15(16)23/h5-8,12,14,19H,9-11H2,1-4H3,(H,26,31)(H,24,25,27). The molecular weight excluding hydrogens is 415 g/mol. The number of nitrogens with one attached hydrogen (secondary N) is 2. The molecule has 2 aromatic rings. The largest absolute Gasteiger partial charge is 0.481 e. The van der Waals surface area contributed by atoms with E-state index in [1.807, 2.05) is 32.7 Å². The molecule has 170 valence electrons. The van der Waals surface area contributed by atoms with Crippen LogP contribution in [0.2, 0.25) is 0 Å². The molecule has 1 fully saturated rings. The molecule has 1 saturated heterocycles. The third kappa shape index (κ3) is 4.17. The molecule has 9 nitrogen and oxygen atoms in total. The fourth-order valence-corrected chi connectivity index (χ4v) is 4.03. The van der Waals surface area contributed by atoms with Gasteiger partial charge in [0.2, 0.25) is 11.9 Å². The van der Waals surface area contributed by atoms with Crippen LogP contribution in [-0.2, 0) is 9.59 Å². The van der Waals surface area contributed by atoms with E-state index in [1.165, 1.54) is 12.1 Å². The number of nitrogens with zero attached hydrogens (tertiary/aromatic N) is 4. The Morgan fingerprint density at radius 2 is 2.03 bits per heavy atom. The molecule has 0 spiro atoms. The first-order valence-corrected chi connectivity index (χ1v) is 10.6. The molecule has 0 radical (unpaired) electrons. The van der Waals surface area contributed by atoms with Crippen molar-refractivity contribution in [2.45, 2.75) is 32.9 Å². The highest BCUT2D eigenvalue weighted by Gasteiger charge is 2.36. The summed E-state index contributed by atoms with van der Waals surface area (Å²) in [4.78, 5) is 37.4. The molecule has 0 aliphatic carbocycles. The van der Waals surface area contributed by atoms with E-state index in [2.05, 4.69) is 20.6 Å². The van der Waals surface area contributed by atoms with E-state index in [9.17, 15) is 14.0 Å². The molecule has 2 aliphatic rings. The van der Waals surface area contributed by atoms with Gasteiger partial charge < -0.3 is 25.2 Å². The van der Waals surface area contributed by atoms with E-state index in [1.54, 1.807) is 17.0 Å². The molecule has 3 heterocycles. The Morgan fingerprint density at radius 1 is 1.31 bits per heavy atom. The lowest BCUT2D eigenvalue weighted by Gasteiger charge is -2.40. The van der Waals surface area contributed by atoms with E-state index in [0.717, 1.165) is 0 Å². The van der Waals surface area contributed by atoms with Crippen LogP contribution in [0.25, 0.3) is 0 Å². The maximum absolute atomic E-state index is 13.6. The Bertz CT molecular complexity index is 1040. The second-order valence-electron chi connectivity index (χ2n) is 8.48. The Kier molecular flexibility index (Phi) is 5.86. The van der Waals surface area contributed by atoms with Crippen LogP contribution in [-0.4, -0.2) is 65.5 Å². The number of carbonyl (C=O) groups excluding carboxylic acids is 2. The van der Waals surface area contributed by atoms with Gasteiger partial charge in [0.1, 0.15) is 11.7 Å². The highest BCUT2D eigenvalue weighted by Crippen LogP contribution is 2.34. The number of likely N-dealkylation sites (tertiary alicyclic amines) is 1. The number of halogens is 1. The van der Waals surface area contributed by atoms with Gasteiger partial charge in [0.25, 0.3) is 5.91 Å². The SMILES string of the molecule is Cc1nc(NC2CN(C(=O)COc3ccccc3F)C2)nc2c1NC(=O)C(C(C)C)N2C. The molecule has 32 heavy (non-hydrogen) atoms. The van der Waals surface area contributed by atoms with Crippen LogP contribution in [0.1, 0.15) is 19.5 Å². The minimum absolute atomic E-state index is 0.00533. The molecule has 1 aromatic heterocycles. The number of aromatic nitrogens is 2. The molecule has 0 saturated carbocycles. The monoisotopic (exact) mass is 442 g/mol. The van der Waals surface area contributed by atoms with Gasteiger partial charge in [-0.15, -0.1) is 0 Å². The van der Waals surface area contributed by atoms with Crippen LogP contribution < -0.4 is 20.3 Å². The number of amides is 2. The molecule has 2 amide bonds. The number of anilines is 3. The highest BCUT2D eigenvalue weighted by atomic mass is 19.1. The van der Waals surface area contributed by atoms with Crippen molar-refractivity contribution in [1.82, 2.24) is 14.9 Å². The maximum Gasteiger partial charge on any atom is 0.260 e. The van der Waals surface area contributed by atoms with Gasteiger partial charge in [-0.2, -0.15) is 4.98 Å². The molecule has 2 N–H and O–H groups in total. The van der Waals surface area contributed by atoms with E-state index in [4.69, 9.17) is 4.74 Å². The van der Waals surface area contributed by atoms with E-state index < -0.39 is 5.82 Å². The van der Waals surface area contributed by atoms with Gasteiger partial charge in [0.15, 0.2) is 24.0 Å². The molecule has 1 aromatic carbocycles. The highest BCUT2D eigenvalue weighted by molar-refractivity contribution is 6.03. The zero-order valence-electron chi connectivity index (χ0n) is 18.6. The molecule has 0 bridgehead atoms. The van der Waals surface area contributed by atoms with Gasteiger partial charge in [0, 0.05) is 20.1 Å². The summed E-state index contributed by atoms with van der Waals surface area (Å²) >= 11 is 0. The average Bonchev–Trinajstić information content (AvgIpc) is 2.70. The predicted molar refractivity (Wildman–Crippen MR) is 118 cm³/mol. The number of benzene rings is 1. The van der Waals surface area contributed by atoms with Crippen molar-refractivity contribution in [3.8, 4) is 5.75 Å². The van der Waals surface area contributed by atoms with Crippen molar-refractivity contribution in [2.24, 2.45) is 5.92 Å². The fourth-order valence-electron chi connectivity index (χ4n) is 4.03. The maximum atomic E-state index is 13.6. The summed E-state index contributed by atoms with van der Waals surface area (Å²) in [6, 6.07) is 5.68. The topological polar surface area (TPSA) is 99.7 Å². The van der Waals surface area contributed by atoms with Crippen molar-refractivity contribution in [3.63, 3.8) is 0 Å². The smallest absolute Gasteiger partial charge is 0.260 e. The third-order valence-corrected chi connectivity index (χ3v) is 5.73. The van der Waals surface area contributed by atoms with Gasteiger partial charge in [-0.1, -0.05) is 26.0 Å². The lowest BCUT2D eigenvalue weighted by atomic mass is 9.99. The second kappa shape index (κ2) is 8.60. The summed E-state index contributed by atoms with van der Waals surface area (Å²) in [5.41, 5.74) is 1.29. The number of ether oxygens (including phenoxy) is 1. The summed E-state index contributed by atoms with van der Waals surface area (Å²) in [5.74, 6) is 0.534. The van der Waals surface area contributed by atoms with Gasteiger partial charge in [-0.05, 0) is 25.0 Å². The number of fused-ring (bicyclic) bond motifs is 1. The minimum Gasteiger partial charge on any atom is -0.481 e. The molecule has 1 atom stereocenters. The van der Waals surface area contributed by atoms with Crippen LogP contribution in [0.3, 0.4) is 0 Å². The van der Waals surface area contributed by atoms with Gasteiger partial charge in [0.05, 0.1) is 11.7 Å². The Morgan fingerprint density at radius 3 is 2.72 bits per heavy atom. The summed E-state index contributed by atoms with van der Waals surface area (Å²) < 4.78 is 18.9. The first kappa shape index (κ1) is 21.8. The summed E-state index contributed by atoms with van der Waals surface area (Å²) in [6.45, 7) is 6.54. The van der Waals surface area contributed by atoms with Crippen molar-refractivity contribution in [2.75, 3.05) is 42.3 Å². The zero-order valence-corrected chi connectivity index (χ0v) is 18.6. The summed E-state index contributed by atoms with van der Waals surface area (Å²) in [6.07, 6.45) is 0. The molecule has 1 unspecified atom stereocenters. The third-order valence-electron chi connectivity index (χ3n) is 5.73. The summed E-state index contributed by atoms with van der Waals surface area (Å²) in [5, 5.41) is 6.18. The molecular formula is C22H27FN6O3. The van der Waals surface area contributed by atoms with E-state index in [0.29, 0.717) is 36.2 Å². The fraction of sp³-hybridized carbons (Fsp3) is 0.455. The second-order valence-corrected chi connectivity index (χ2v) is 8.48. The van der Waals surface area contributed by atoms with Crippen LogP contribution in [0.4, 0.5) is 21.8 Å². The summed E-state index contributed by atoms with van der Waals surface area (Å²) in [7, 11) is 1.86. The Hall–Kier alpha value is -3.43. The van der Waals surface area contributed by atoms with Crippen LogP contribution in [0.5, 0.6) is 5.75 Å². The Labute approximate surface area is 186 Å². The normalized spacial score (nSPS) is 18.2. The first-order chi connectivity index (χ1) is 15.2. The van der Waals surface area contributed by atoms with E-state index in [-0.39, 0.29) is 42.2 Å². The first-order valence-electron chi connectivity index (χ1n) is 10.6. The minimum atomic E-state index is -0.496. The number of likely N-dealkylation sites (N-methyl/N-ethyl adjacent to an activating group) is 1. The van der Waals surface area contributed by atoms with Gasteiger partial charge in [-0.25, -0.2) is 9.37 Å². The zero-order chi connectivity index (χ0) is 23.0. The van der Waals surface area contributed by atoms with Crippen molar-refractivity contribution in [3.05, 3.63) is 35.8 Å². The van der Waals surface area contributed by atoms with Crippen LogP contribution >= 0.6 is 0 Å². The molecule has 10 heteroatoms.